The van der Waals surface area contributed by atoms with E-state index in [1.165, 1.54) is 12.0 Å². The van der Waals surface area contributed by atoms with Gasteiger partial charge in [-0.3, -0.25) is 0 Å². The van der Waals surface area contributed by atoms with Crippen molar-refractivity contribution in [3.05, 3.63) is 0 Å². The van der Waals surface area contributed by atoms with Crippen LogP contribution in [0.3, 0.4) is 0 Å². The maximum atomic E-state index is 12.1. The van der Waals surface area contributed by atoms with Crippen LogP contribution in [-0.4, -0.2) is 53.7 Å². The lowest BCUT2D eigenvalue weighted by Gasteiger charge is -2.25. The molecule has 106 valence electrons. The molecule has 19 heavy (non-hydrogen) atoms. The molecular weight excluding hydrogens is 252 g/mol. The first-order chi connectivity index (χ1) is 9.04. The Labute approximate surface area is 110 Å². The molecule has 0 spiro atoms. The zero-order chi connectivity index (χ0) is 14.0. The van der Waals surface area contributed by atoms with Gasteiger partial charge in [-0.15, -0.1) is 0 Å². The van der Waals surface area contributed by atoms with Crippen LogP contribution in [0.2, 0.25) is 0 Å². The fraction of sp³-hybridized carbons (Fsp3) is 0.750. The lowest BCUT2D eigenvalue weighted by molar-refractivity contribution is -0.144. The molecule has 2 atom stereocenters. The van der Waals surface area contributed by atoms with E-state index in [0.717, 1.165) is 12.8 Å². The van der Waals surface area contributed by atoms with E-state index < -0.39 is 30.1 Å². The number of amides is 2. The average Bonchev–Trinajstić information content (AvgIpc) is 3.09. The minimum Gasteiger partial charge on any atom is -0.480 e. The molecule has 1 saturated heterocycles. The summed E-state index contributed by atoms with van der Waals surface area (Å²) in [5.74, 6) is -1.46. The van der Waals surface area contributed by atoms with E-state index in [1.54, 1.807) is 0 Å². The Hall–Kier alpha value is -1.79. The van der Waals surface area contributed by atoms with Gasteiger partial charge in [-0.05, 0) is 31.6 Å². The van der Waals surface area contributed by atoms with Crippen molar-refractivity contribution < 1.29 is 24.2 Å². The van der Waals surface area contributed by atoms with Gasteiger partial charge in [-0.1, -0.05) is 0 Å². The van der Waals surface area contributed by atoms with Crippen LogP contribution in [0.25, 0.3) is 0 Å². The van der Waals surface area contributed by atoms with Crippen LogP contribution >= 0.6 is 0 Å². The molecule has 0 aromatic rings. The van der Waals surface area contributed by atoms with E-state index in [4.69, 9.17) is 5.11 Å². The Bertz CT molecular complexity index is 394. The van der Waals surface area contributed by atoms with Crippen molar-refractivity contribution >= 4 is 18.0 Å². The lowest BCUT2D eigenvalue weighted by Crippen LogP contribution is -2.52. The summed E-state index contributed by atoms with van der Waals surface area (Å²) in [6, 6.07) is -1.95. The number of aliphatic carboxylic acids is 1. The third-order valence-electron chi connectivity index (χ3n) is 3.63. The zero-order valence-electron chi connectivity index (χ0n) is 10.8. The maximum Gasteiger partial charge on any atom is 0.328 e. The van der Waals surface area contributed by atoms with Gasteiger partial charge >= 0.3 is 18.0 Å². The summed E-state index contributed by atoms with van der Waals surface area (Å²) in [7, 11) is 1.28. The summed E-state index contributed by atoms with van der Waals surface area (Å²) in [5, 5.41) is 11.6. The van der Waals surface area contributed by atoms with Crippen LogP contribution < -0.4 is 5.32 Å². The van der Waals surface area contributed by atoms with E-state index in [-0.39, 0.29) is 5.92 Å². The number of methoxy groups -OCH3 is 1. The summed E-state index contributed by atoms with van der Waals surface area (Å²) in [4.78, 5) is 36.0. The zero-order valence-corrected chi connectivity index (χ0v) is 10.8. The molecule has 0 radical (unpaired) electrons. The van der Waals surface area contributed by atoms with Gasteiger partial charge < -0.3 is 20.1 Å². The number of ether oxygens (including phenoxy) is 1. The fourth-order valence-electron chi connectivity index (χ4n) is 2.42. The van der Waals surface area contributed by atoms with Crippen LogP contribution in [0.4, 0.5) is 4.79 Å². The molecule has 7 heteroatoms. The summed E-state index contributed by atoms with van der Waals surface area (Å²) < 4.78 is 4.65. The van der Waals surface area contributed by atoms with Crippen molar-refractivity contribution in [2.24, 2.45) is 5.92 Å². The van der Waals surface area contributed by atoms with Gasteiger partial charge in [-0.25, -0.2) is 14.4 Å². The highest BCUT2D eigenvalue weighted by molar-refractivity contribution is 5.87. The van der Waals surface area contributed by atoms with E-state index in [9.17, 15) is 14.4 Å². The fourth-order valence-corrected chi connectivity index (χ4v) is 2.42. The molecule has 0 aromatic heterocycles. The average molecular weight is 270 g/mol. The van der Waals surface area contributed by atoms with Crippen LogP contribution in [0.1, 0.15) is 25.7 Å². The van der Waals surface area contributed by atoms with E-state index in [2.05, 4.69) is 10.1 Å². The molecule has 2 N–H and O–H groups in total. The largest absolute Gasteiger partial charge is 0.480 e. The van der Waals surface area contributed by atoms with E-state index >= 15 is 0 Å². The lowest BCUT2D eigenvalue weighted by atomic mass is 10.2. The summed E-state index contributed by atoms with van der Waals surface area (Å²) in [5.41, 5.74) is 0. The summed E-state index contributed by atoms with van der Waals surface area (Å²) in [6.45, 7) is 0.447. The van der Waals surface area contributed by atoms with Gasteiger partial charge in [0.05, 0.1) is 7.11 Å². The Morgan fingerprint density at radius 1 is 1.32 bits per heavy atom. The topological polar surface area (TPSA) is 95.9 Å². The Morgan fingerprint density at radius 2 is 2.00 bits per heavy atom. The van der Waals surface area contributed by atoms with Crippen LogP contribution in [0, 0.1) is 5.92 Å². The van der Waals surface area contributed by atoms with E-state index in [0.29, 0.717) is 19.4 Å². The van der Waals surface area contributed by atoms with Crippen molar-refractivity contribution in [2.75, 3.05) is 13.7 Å². The third-order valence-corrected chi connectivity index (χ3v) is 3.63. The number of urea groups is 1. The monoisotopic (exact) mass is 270 g/mol. The smallest absolute Gasteiger partial charge is 0.328 e. The number of carboxylic acids is 1. The van der Waals surface area contributed by atoms with Crippen molar-refractivity contribution in [1.82, 2.24) is 10.2 Å². The highest BCUT2D eigenvalue weighted by atomic mass is 16.5. The van der Waals surface area contributed by atoms with Crippen molar-refractivity contribution in [3.63, 3.8) is 0 Å². The second-order valence-corrected chi connectivity index (χ2v) is 4.98. The number of carbonyl (C=O) groups is 3. The molecule has 2 fully saturated rings. The number of carbonyl (C=O) groups excluding carboxylic acids is 2. The van der Waals surface area contributed by atoms with Gasteiger partial charge in [-0.2, -0.15) is 0 Å². The summed E-state index contributed by atoms with van der Waals surface area (Å²) in [6.07, 6.45) is 2.91. The highest BCUT2D eigenvalue weighted by Gasteiger charge is 2.41. The predicted molar refractivity (Wildman–Crippen MR) is 64.4 cm³/mol. The van der Waals surface area contributed by atoms with Gasteiger partial charge in [0, 0.05) is 6.54 Å². The predicted octanol–water partition coefficient (Wildman–Crippen LogP) is 0.197. The minimum atomic E-state index is -1.02. The SMILES string of the molecule is COC(=O)C1CCCN1C(=O)NC(C(=O)O)C1CC1. The number of hydrogen-bond acceptors (Lipinski definition) is 4. The maximum absolute atomic E-state index is 12.1. The molecule has 2 amide bonds. The third kappa shape index (κ3) is 2.97. The molecule has 1 saturated carbocycles. The highest BCUT2D eigenvalue weighted by Crippen LogP contribution is 2.33. The number of esters is 1. The first-order valence-corrected chi connectivity index (χ1v) is 6.42. The van der Waals surface area contributed by atoms with Crippen molar-refractivity contribution in [3.8, 4) is 0 Å². The van der Waals surface area contributed by atoms with Crippen LogP contribution in [-0.2, 0) is 14.3 Å². The molecule has 0 aromatic carbocycles. The van der Waals surface area contributed by atoms with Crippen molar-refractivity contribution in [2.45, 2.75) is 37.8 Å². The van der Waals surface area contributed by atoms with Crippen molar-refractivity contribution in [1.29, 1.82) is 0 Å². The van der Waals surface area contributed by atoms with Gasteiger partial charge in [0.15, 0.2) is 0 Å². The number of nitrogens with zero attached hydrogens (tertiary/aromatic N) is 1. The number of nitrogens with one attached hydrogen (secondary N) is 1. The normalized spacial score (nSPS) is 23.8. The summed E-state index contributed by atoms with van der Waals surface area (Å²) >= 11 is 0. The standard InChI is InChI=1S/C12H18N2O5/c1-19-11(17)8-3-2-6-14(8)12(18)13-9(10(15)16)7-4-5-7/h7-9H,2-6H2,1H3,(H,13,18)(H,15,16). The Morgan fingerprint density at radius 3 is 2.53 bits per heavy atom. The molecule has 1 heterocycles. The quantitative estimate of drug-likeness (QED) is 0.711. The minimum absolute atomic E-state index is 0.0145. The molecule has 2 rings (SSSR count). The first kappa shape index (κ1) is 13.6. The molecule has 2 aliphatic rings. The second kappa shape index (κ2) is 5.46. The van der Waals surface area contributed by atoms with Crippen LogP contribution in [0.15, 0.2) is 0 Å². The van der Waals surface area contributed by atoms with Crippen LogP contribution in [0.5, 0.6) is 0 Å². The van der Waals surface area contributed by atoms with E-state index in [1.807, 2.05) is 0 Å². The molecule has 7 nitrogen and oxygen atoms in total. The number of likely N-dealkylation sites (tertiary alicyclic amines) is 1. The van der Waals surface area contributed by atoms with Gasteiger partial charge in [0.1, 0.15) is 12.1 Å². The van der Waals surface area contributed by atoms with Gasteiger partial charge in [0.2, 0.25) is 0 Å². The molecule has 0 bridgehead atoms. The molecule has 2 unspecified atom stereocenters. The number of hydrogen-bond donors (Lipinski definition) is 2. The number of carboxylic acid groups (broad SMARTS) is 1. The molecule has 1 aliphatic carbocycles. The second-order valence-electron chi connectivity index (χ2n) is 4.98. The Balaban J connectivity index is 1.98. The molecule has 1 aliphatic heterocycles. The first-order valence-electron chi connectivity index (χ1n) is 6.42. The molecular formula is C12H18N2O5. The van der Waals surface area contributed by atoms with Gasteiger partial charge in [0.25, 0.3) is 0 Å². The number of rotatable bonds is 4. The Kier molecular flexibility index (Phi) is 3.92.